The number of aromatic hydroxyl groups is 1. The molecular weight excluding hydrogens is 751 g/mol. The number of aliphatic hydroxyl groups excluding tert-OH is 1. The van der Waals surface area contributed by atoms with Gasteiger partial charge in [-0.1, -0.05) is 50.2 Å². The predicted molar refractivity (Wildman–Crippen MR) is 225 cm³/mol. The predicted octanol–water partition coefficient (Wildman–Crippen LogP) is 5.99. The number of rotatable bonds is 10. The van der Waals surface area contributed by atoms with E-state index in [-0.39, 0.29) is 47.9 Å². The molecule has 1 spiro atoms. The Morgan fingerprint density at radius 2 is 1.67 bits per heavy atom. The number of amides is 2. The van der Waals surface area contributed by atoms with Crippen molar-refractivity contribution in [1.29, 1.82) is 0 Å². The molecule has 14 heteroatoms. The van der Waals surface area contributed by atoms with Gasteiger partial charge in [-0.2, -0.15) is 5.10 Å². The van der Waals surface area contributed by atoms with Gasteiger partial charge >= 0.3 is 0 Å². The van der Waals surface area contributed by atoms with Crippen molar-refractivity contribution < 1.29 is 19.8 Å². The highest BCUT2D eigenvalue weighted by Crippen LogP contribution is 2.44. The van der Waals surface area contributed by atoms with Crippen molar-refractivity contribution in [1.82, 2.24) is 35.2 Å². The van der Waals surface area contributed by atoms with E-state index in [1.807, 2.05) is 94.1 Å². The van der Waals surface area contributed by atoms with Crippen LogP contribution in [0.4, 0.5) is 11.4 Å². The van der Waals surface area contributed by atoms with Crippen molar-refractivity contribution in [2.75, 3.05) is 42.5 Å². The molecule has 0 aliphatic carbocycles. The normalized spacial score (nSPS) is 19.7. The van der Waals surface area contributed by atoms with E-state index in [2.05, 4.69) is 47.5 Å². The number of phenols is 1. The van der Waals surface area contributed by atoms with Crippen LogP contribution in [-0.2, 0) is 9.59 Å². The van der Waals surface area contributed by atoms with Crippen LogP contribution in [0.25, 0.3) is 32.6 Å². The zero-order valence-electron chi connectivity index (χ0n) is 33.0. The van der Waals surface area contributed by atoms with E-state index in [1.165, 1.54) is 0 Å². The fourth-order valence-corrected chi connectivity index (χ4v) is 9.67. The number of para-hydroxylation sites is 1. The topological polar surface area (TPSA) is 153 Å². The zero-order valence-corrected chi connectivity index (χ0v) is 33.8. The number of phenolic OH excluding ortho intramolecular Hbond substituents is 1. The Hall–Kier alpha value is -5.86. The molecule has 0 bridgehead atoms. The monoisotopic (exact) mass is 797 g/mol. The number of anilines is 2. The standard InChI is InChI=1S/C44H47N9O4S/c1-26(2)40(43(57)52-20-34(54)17-38(52)42(56)47-27(3)29-9-11-30(12-10-29)41-28(4)45-25-58-41)53-19-33(18-46-53)51-23-44(24-51)21-50(22-44)32-13-14-36-31(15-32)16-37(49-48-36)35-7-5-6-8-39(35)55/h5-16,18-19,25-27,34,38,40,54-55H,17,20-24H2,1-4H3,(H,47,56)/t27-,34+,38-,40+/m1/s1. The minimum absolute atomic E-state index is 0.0963. The number of nitrogens with zero attached hydrogens (tertiary/aromatic N) is 8. The number of aliphatic hydroxyl groups is 1. The molecule has 3 aromatic heterocycles. The van der Waals surface area contributed by atoms with Crippen molar-refractivity contribution in [3.63, 3.8) is 0 Å². The first-order valence-electron chi connectivity index (χ1n) is 19.8. The molecule has 0 saturated carbocycles. The van der Waals surface area contributed by atoms with Gasteiger partial charge in [0.2, 0.25) is 11.8 Å². The molecule has 298 valence electrons. The number of likely N-dealkylation sites (tertiary alicyclic amines) is 1. The number of benzene rings is 3. The number of nitrogens with one attached hydrogen (secondary N) is 1. The molecule has 3 aliphatic rings. The number of aryl methyl sites for hydroxylation is 1. The summed E-state index contributed by atoms with van der Waals surface area (Å²) in [6.45, 7) is 11.6. The number of aromatic nitrogens is 5. The molecule has 3 saturated heterocycles. The van der Waals surface area contributed by atoms with E-state index in [9.17, 15) is 19.8 Å². The highest BCUT2D eigenvalue weighted by molar-refractivity contribution is 7.13. The molecule has 0 radical (unpaired) electrons. The molecule has 0 unspecified atom stereocenters. The molecule has 6 heterocycles. The van der Waals surface area contributed by atoms with Gasteiger partial charge in [-0.3, -0.25) is 14.3 Å². The minimum Gasteiger partial charge on any atom is -0.507 e. The maximum Gasteiger partial charge on any atom is 0.248 e. The summed E-state index contributed by atoms with van der Waals surface area (Å²) in [6, 6.07) is 21.7. The van der Waals surface area contributed by atoms with Gasteiger partial charge in [0.15, 0.2) is 0 Å². The second-order valence-electron chi connectivity index (χ2n) is 16.6. The number of carbonyl (C=O) groups is 2. The summed E-state index contributed by atoms with van der Waals surface area (Å²) in [5.74, 6) is -0.428. The Bertz CT molecular complexity index is 2490. The van der Waals surface area contributed by atoms with Gasteiger partial charge in [0.25, 0.3) is 0 Å². The van der Waals surface area contributed by atoms with Gasteiger partial charge in [0.05, 0.1) is 51.3 Å². The number of carbonyl (C=O) groups excluding carboxylic acids is 2. The molecular formula is C44H47N9O4S. The number of fused-ring (bicyclic) bond motifs is 1. The summed E-state index contributed by atoms with van der Waals surface area (Å²) in [5, 5.41) is 38.6. The fourth-order valence-electron chi connectivity index (χ4n) is 8.86. The molecule has 6 aromatic rings. The van der Waals surface area contributed by atoms with Gasteiger partial charge < -0.3 is 30.2 Å². The molecule has 9 rings (SSSR count). The minimum atomic E-state index is -0.790. The number of hydrogen-bond donors (Lipinski definition) is 3. The average molecular weight is 798 g/mol. The van der Waals surface area contributed by atoms with E-state index in [0.717, 1.165) is 70.2 Å². The Morgan fingerprint density at radius 1 is 0.931 bits per heavy atom. The maximum atomic E-state index is 14.3. The summed E-state index contributed by atoms with van der Waals surface area (Å²) in [4.78, 5) is 39.7. The van der Waals surface area contributed by atoms with E-state index in [4.69, 9.17) is 0 Å². The van der Waals surface area contributed by atoms with Gasteiger partial charge in [-0.15, -0.1) is 21.5 Å². The quantitative estimate of drug-likeness (QED) is 0.151. The van der Waals surface area contributed by atoms with E-state index in [0.29, 0.717) is 11.3 Å². The van der Waals surface area contributed by atoms with Crippen molar-refractivity contribution in [2.45, 2.75) is 58.3 Å². The molecule has 3 aliphatic heterocycles. The summed E-state index contributed by atoms with van der Waals surface area (Å²) in [6.07, 6.45) is 3.16. The van der Waals surface area contributed by atoms with Crippen LogP contribution in [-0.4, -0.2) is 96.8 Å². The summed E-state index contributed by atoms with van der Waals surface area (Å²) < 4.78 is 1.73. The van der Waals surface area contributed by atoms with Gasteiger partial charge in [-0.25, -0.2) is 4.98 Å². The van der Waals surface area contributed by atoms with Crippen molar-refractivity contribution in [2.24, 2.45) is 11.3 Å². The van der Waals surface area contributed by atoms with E-state index in [1.54, 1.807) is 33.1 Å². The SMILES string of the molecule is Cc1ncsc1-c1ccc([C@@H](C)NC(=O)[C@H]2C[C@H](O)CN2C(=O)[C@H](C(C)C)n2cc(N3CC4(CN(c5ccc6nnc(-c7ccccc7O)cc6c5)C4)C3)cn2)cc1. The second kappa shape index (κ2) is 14.8. The molecule has 58 heavy (non-hydrogen) atoms. The maximum absolute atomic E-state index is 14.3. The third-order valence-electron chi connectivity index (χ3n) is 12.0. The molecule has 3 fully saturated rings. The summed E-state index contributed by atoms with van der Waals surface area (Å²) in [5.41, 5.74) is 9.21. The Morgan fingerprint density at radius 3 is 2.38 bits per heavy atom. The van der Waals surface area contributed by atoms with E-state index < -0.39 is 18.2 Å². The van der Waals surface area contributed by atoms with Crippen molar-refractivity contribution in [3.8, 4) is 27.4 Å². The third-order valence-corrected chi connectivity index (χ3v) is 13.0. The van der Waals surface area contributed by atoms with Crippen LogP contribution in [0.5, 0.6) is 5.75 Å². The summed E-state index contributed by atoms with van der Waals surface area (Å²) >= 11 is 1.60. The first-order valence-corrected chi connectivity index (χ1v) is 20.7. The molecule has 2 amide bonds. The van der Waals surface area contributed by atoms with Crippen LogP contribution in [0.3, 0.4) is 0 Å². The fraction of sp³-hybridized carbons (Fsp3) is 0.364. The average Bonchev–Trinajstić information content (AvgIpc) is 3.94. The first-order chi connectivity index (χ1) is 27.9. The highest BCUT2D eigenvalue weighted by atomic mass is 32.1. The smallest absolute Gasteiger partial charge is 0.248 e. The first kappa shape index (κ1) is 37.7. The molecule has 3 aromatic carbocycles. The van der Waals surface area contributed by atoms with Crippen LogP contribution >= 0.6 is 11.3 Å². The van der Waals surface area contributed by atoms with Crippen LogP contribution in [0.15, 0.2) is 90.7 Å². The van der Waals surface area contributed by atoms with Crippen LogP contribution in [0.2, 0.25) is 0 Å². The lowest BCUT2D eigenvalue weighted by atomic mass is 9.72. The second-order valence-corrected chi connectivity index (χ2v) is 17.4. The largest absolute Gasteiger partial charge is 0.507 e. The van der Waals surface area contributed by atoms with E-state index >= 15 is 0 Å². The summed E-state index contributed by atoms with van der Waals surface area (Å²) in [7, 11) is 0. The molecule has 3 N–H and O–H groups in total. The molecule has 4 atom stereocenters. The van der Waals surface area contributed by atoms with Gasteiger partial charge in [0, 0.05) is 67.4 Å². The van der Waals surface area contributed by atoms with Crippen LogP contribution in [0.1, 0.15) is 50.5 Å². The lowest BCUT2D eigenvalue weighted by Crippen LogP contribution is -2.72. The number of β-amino-alcohol motifs (C(OH)–C–C–N with tert-alkyl or cyclic N) is 1. The van der Waals surface area contributed by atoms with Crippen molar-refractivity contribution in [3.05, 3.63) is 102 Å². The highest BCUT2D eigenvalue weighted by Gasteiger charge is 2.52. The van der Waals surface area contributed by atoms with Crippen molar-refractivity contribution >= 4 is 45.4 Å². The lowest BCUT2D eigenvalue weighted by Gasteiger charge is -2.61. The lowest BCUT2D eigenvalue weighted by molar-refractivity contribution is -0.142. The van der Waals surface area contributed by atoms with Crippen LogP contribution in [0, 0.1) is 18.3 Å². The van der Waals surface area contributed by atoms with Crippen LogP contribution < -0.4 is 15.1 Å². The van der Waals surface area contributed by atoms with Gasteiger partial charge in [-0.05, 0) is 67.3 Å². The Kier molecular flexibility index (Phi) is 9.63. The Balaban J connectivity index is 0.825. The van der Waals surface area contributed by atoms with Gasteiger partial charge in [0.1, 0.15) is 17.8 Å². The third kappa shape index (κ3) is 6.93. The number of hydrogen-bond acceptors (Lipinski definition) is 11. The Labute approximate surface area is 341 Å². The molecule has 13 nitrogen and oxygen atoms in total. The number of thiazole rings is 1. The zero-order chi connectivity index (χ0) is 40.3.